The zero-order valence-corrected chi connectivity index (χ0v) is 10.9. The molecule has 2 rings (SSSR count). The lowest BCUT2D eigenvalue weighted by Gasteiger charge is -2.23. The van der Waals surface area contributed by atoms with Gasteiger partial charge in [0.05, 0.1) is 6.42 Å². The van der Waals surface area contributed by atoms with Gasteiger partial charge in [-0.3, -0.25) is 14.3 Å². The molecule has 1 aliphatic rings. The molecule has 0 aliphatic heterocycles. The zero-order valence-electron chi connectivity index (χ0n) is 10.9. The van der Waals surface area contributed by atoms with Crippen LogP contribution in [0.1, 0.15) is 42.1 Å². The molecular formula is C12H13F3N2O4. The molecule has 0 bridgehead atoms. The smallest absolute Gasteiger partial charge is 0.435 e. The van der Waals surface area contributed by atoms with E-state index in [2.05, 4.69) is 5.10 Å². The third-order valence-corrected chi connectivity index (χ3v) is 3.45. The quantitative estimate of drug-likeness (QED) is 0.886. The van der Waals surface area contributed by atoms with Gasteiger partial charge in [-0.1, -0.05) is 0 Å². The van der Waals surface area contributed by atoms with Crippen molar-refractivity contribution in [3.8, 4) is 0 Å². The third kappa shape index (κ3) is 3.17. The van der Waals surface area contributed by atoms with Crippen LogP contribution in [0, 0.1) is 0 Å². The number of halogens is 3. The fourth-order valence-electron chi connectivity index (χ4n) is 2.75. The molecule has 1 atom stereocenters. The molecule has 1 unspecified atom stereocenters. The molecule has 1 aromatic heterocycles. The number of aliphatic carboxylic acids is 2. The van der Waals surface area contributed by atoms with E-state index in [1.54, 1.807) is 0 Å². The van der Waals surface area contributed by atoms with Crippen molar-refractivity contribution >= 4 is 11.9 Å². The predicted octanol–water partition coefficient (Wildman–Crippen LogP) is 1.88. The third-order valence-electron chi connectivity index (χ3n) is 3.45. The molecule has 21 heavy (non-hydrogen) atoms. The van der Waals surface area contributed by atoms with Crippen LogP contribution < -0.4 is 0 Å². The summed E-state index contributed by atoms with van der Waals surface area (Å²) < 4.78 is 40.0. The first-order valence-electron chi connectivity index (χ1n) is 6.30. The van der Waals surface area contributed by atoms with E-state index in [1.165, 1.54) is 0 Å². The van der Waals surface area contributed by atoms with Gasteiger partial charge < -0.3 is 10.2 Å². The van der Waals surface area contributed by atoms with Crippen LogP contribution in [0.4, 0.5) is 13.2 Å². The first kappa shape index (κ1) is 15.3. The van der Waals surface area contributed by atoms with E-state index in [1.807, 2.05) is 0 Å². The maximum absolute atomic E-state index is 13.1. The second-order valence-corrected chi connectivity index (χ2v) is 4.95. The van der Waals surface area contributed by atoms with Gasteiger partial charge in [-0.2, -0.15) is 18.3 Å². The molecule has 1 aromatic rings. The average Bonchev–Trinajstić information content (AvgIpc) is 2.68. The lowest BCUT2D eigenvalue weighted by Crippen LogP contribution is -2.19. The minimum atomic E-state index is -4.73. The lowest BCUT2D eigenvalue weighted by molar-refractivity contribution is -0.144. The zero-order chi connectivity index (χ0) is 15.8. The van der Waals surface area contributed by atoms with Crippen molar-refractivity contribution in [2.24, 2.45) is 0 Å². The standard InChI is InChI=1S/C12H13F3N2O4/c13-12(14,15)11-10-6(4-8(18)19)2-1-3-7(10)17(16-11)5-9(20)21/h6H,1-5H2,(H,18,19)(H,20,21). The summed E-state index contributed by atoms with van der Waals surface area (Å²) in [5.74, 6) is -3.27. The number of hydrogen-bond donors (Lipinski definition) is 2. The monoisotopic (exact) mass is 306 g/mol. The summed E-state index contributed by atoms with van der Waals surface area (Å²) >= 11 is 0. The van der Waals surface area contributed by atoms with Crippen molar-refractivity contribution in [1.82, 2.24) is 9.78 Å². The predicted molar refractivity (Wildman–Crippen MR) is 62.8 cm³/mol. The molecule has 1 heterocycles. The molecule has 0 radical (unpaired) electrons. The molecule has 116 valence electrons. The Morgan fingerprint density at radius 1 is 1.29 bits per heavy atom. The fourth-order valence-corrected chi connectivity index (χ4v) is 2.75. The second-order valence-electron chi connectivity index (χ2n) is 4.95. The second kappa shape index (κ2) is 5.38. The van der Waals surface area contributed by atoms with Crippen molar-refractivity contribution in [2.75, 3.05) is 0 Å². The summed E-state index contributed by atoms with van der Waals surface area (Å²) in [6, 6.07) is 0. The van der Waals surface area contributed by atoms with Crippen LogP contribution in [0.5, 0.6) is 0 Å². The van der Waals surface area contributed by atoms with Gasteiger partial charge in [-0.15, -0.1) is 0 Å². The number of nitrogens with zero attached hydrogens (tertiary/aromatic N) is 2. The molecule has 2 N–H and O–H groups in total. The highest BCUT2D eigenvalue weighted by Crippen LogP contribution is 2.42. The van der Waals surface area contributed by atoms with Gasteiger partial charge in [0.15, 0.2) is 5.69 Å². The Labute approximate surface area is 117 Å². The molecule has 1 aliphatic carbocycles. The highest BCUT2D eigenvalue weighted by atomic mass is 19.4. The maximum atomic E-state index is 13.1. The average molecular weight is 306 g/mol. The molecule has 0 amide bonds. The minimum absolute atomic E-state index is 0.155. The fraction of sp³-hybridized carbons (Fsp3) is 0.583. The normalized spacial score (nSPS) is 18.3. The summed E-state index contributed by atoms with van der Waals surface area (Å²) in [4.78, 5) is 21.6. The number of carboxylic acids is 2. The molecule has 0 aromatic carbocycles. The number of fused-ring (bicyclic) bond motifs is 1. The van der Waals surface area contributed by atoms with Gasteiger partial charge in [0.2, 0.25) is 0 Å². The Morgan fingerprint density at radius 2 is 1.95 bits per heavy atom. The van der Waals surface area contributed by atoms with Crippen molar-refractivity contribution in [1.29, 1.82) is 0 Å². The van der Waals surface area contributed by atoms with Gasteiger partial charge in [0, 0.05) is 11.3 Å². The Hall–Kier alpha value is -2.06. The summed E-state index contributed by atoms with van der Waals surface area (Å²) in [5, 5.41) is 21.0. The van der Waals surface area contributed by atoms with Gasteiger partial charge >= 0.3 is 18.1 Å². The van der Waals surface area contributed by atoms with E-state index in [-0.39, 0.29) is 17.7 Å². The summed E-state index contributed by atoms with van der Waals surface area (Å²) in [6.45, 7) is -0.668. The van der Waals surface area contributed by atoms with Crippen molar-refractivity contribution in [3.05, 3.63) is 17.0 Å². The topological polar surface area (TPSA) is 92.4 Å². The highest BCUT2D eigenvalue weighted by Gasteiger charge is 2.42. The molecule has 9 heteroatoms. The van der Waals surface area contributed by atoms with Crippen LogP contribution in [0.25, 0.3) is 0 Å². The lowest BCUT2D eigenvalue weighted by atomic mass is 9.83. The first-order valence-corrected chi connectivity index (χ1v) is 6.30. The summed E-state index contributed by atoms with van der Waals surface area (Å²) in [7, 11) is 0. The number of alkyl halides is 3. The Bertz CT molecular complexity index is 580. The Morgan fingerprint density at radius 3 is 2.48 bits per heavy atom. The number of carboxylic acid groups (broad SMARTS) is 2. The Kier molecular flexibility index (Phi) is 3.93. The van der Waals surface area contributed by atoms with Crippen LogP contribution >= 0.6 is 0 Å². The van der Waals surface area contributed by atoms with Crippen LogP contribution in [-0.2, 0) is 28.7 Å². The first-order chi connectivity index (χ1) is 9.70. The highest BCUT2D eigenvalue weighted by molar-refractivity contribution is 5.69. The largest absolute Gasteiger partial charge is 0.481 e. The van der Waals surface area contributed by atoms with Crippen molar-refractivity contribution in [3.63, 3.8) is 0 Å². The van der Waals surface area contributed by atoms with E-state index in [9.17, 15) is 22.8 Å². The molecule has 0 saturated carbocycles. The van der Waals surface area contributed by atoms with Crippen LogP contribution in [0.2, 0.25) is 0 Å². The van der Waals surface area contributed by atoms with Crippen molar-refractivity contribution in [2.45, 2.75) is 44.3 Å². The number of hydrogen-bond acceptors (Lipinski definition) is 3. The molecule has 6 nitrogen and oxygen atoms in total. The number of rotatable bonds is 4. The number of carbonyl (C=O) groups is 2. The van der Waals surface area contributed by atoms with E-state index in [0.717, 1.165) is 4.68 Å². The van der Waals surface area contributed by atoms with Gasteiger partial charge in [-0.05, 0) is 25.2 Å². The van der Waals surface area contributed by atoms with Crippen LogP contribution in [-0.4, -0.2) is 31.9 Å². The van der Waals surface area contributed by atoms with Crippen molar-refractivity contribution < 1.29 is 33.0 Å². The molecule has 0 saturated heterocycles. The Balaban J connectivity index is 2.53. The van der Waals surface area contributed by atoms with Crippen LogP contribution in [0.15, 0.2) is 0 Å². The van der Waals surface area contributed by atoms with E-state index >= 15 is 0 Å². The molecule has 0 spiro atoms. The van der Waals surface area contributed by atoms with Gasteiger partial charge in [-0.25, -0.2) is 0 Å². The van der Waals surface area contributed by atoms with E-state index in [4.69, 9.17) is 10.2 Å². The SMILES string of the molecule is O=C(O)CC1CCCc2c1c(C(F)(F)F)nn2CC(=O)O. The van der Waals surface area contributed by atoms with Gasteiger partial charge in [0.1, 0.15) is 6.54 Å². The minimum Gasteiger partial charge on any atom is -0.481 e. The molecular weight excluding hydrogens is 293 g/mol. The molecule has 0 fully saturated rings. The summed E-state index contributed by atoms with van der Waals surface area (Å²) in [5.41, 5.74) is -1.13. The van der Waals surface area contributed by atoms with E-state index in [0.29, 0.717) is 12.8 Å². The van der Waals surface area contributed by atoms with E-state index < -0.39 is 42.7 Å². The maximum Gasteiger partial charge on any atom is 0.435 e. The number of aromatic nitrogens is 2. The van der Waals surface area contributed by atoms with Crippen LogP contribution in [0.3, 0.4) is 0 Å². The van der Waals surface area contributed by atoms with Gasteiger partial charge in [0.25, 0.3) is 0 Å². The summed E-state index contributed by atoms with van der Waals surface area (Å²) in [6.07, 6.45) is -4.06.